The van der Waals surface area contributed by atoms with E-state index in [1.807, 2.05) is 0 Å². The van der Waals surface area contributed by atoms with E-state index in [0.29, 0.717) is 0 Å². The van der Waals surface area contributed by atoms with Crippen LogP contribution in [0.25, 0.3) is 0 Å². The average Bonchev–Trinajstić information content (AvgIpc) is 2.78. The maximum absolute atomic E-state index is 2.26. The average molecular weight is 184 g/mol. The molecule has 2 heteroatoms. The van der Waals surface area contributed by atoms with Crippen LogP contribution in [0.3, 0.4) is 0 Å². The number of rotatable bonds is 2. The first kappa shape index (κ1) is 14.9. The zero-order valence-corrected chi connectivity index (χ0v) is 10.1. The van der Waals surface area contributed by atoms with Crippen LogP contribution in [-0.4, -0.2) is 0 Å². The van der Waals surface area contributed by atoms with Gasteiger partial charge in [-0.25, -0.2) is 24.3 Å². The normalized spacial score (nSPS) is 10.3. The van der Waals surface area contributed by atoms with Crippen LogP contribution in [-0.2, 0) is 5.41 Å². The summed E-state index contributed by atoms with van der Waals surface area (Å²) in [4.78, 5) is 0. The van der Waals surface area contributed by atoms with Crippen molar-refractivity contribution in [2.24, 2.45) is 0 Å². The largest absolute Gasteiger partial charge is 1.00 e. The van der Waals surface area contributed by atoms with E-state index in [1.54, 1.807) is 0 Å². The fraction of sp³-hybridized carbons (Fsp3) is 0.231. The first-order valence-electron chi connectivity index (χ1n) is 4.65. The van der Waals surface area contributed by atoms with E-state index < -0.39 is 0 Å². The molecule has 0 aliphatic rings. The third kappa shape index (κ3) is 2.93. The van der Waals surface area contributed by atoms with Crippen LogP contribution >= 0.6 is 0 Å². The molecule has 0 fully saturated rings. The molecule has 0 aliphatic carbocycles. The molecule has 0 saturated heterocycles. The quantitative estimate of drug-likeness (QED) is 0.356. The summed E-state index contributed by atoms with van der Waals surface area (Å²) < 4.78 is 0. The summed E-state index contributed by atoms with van der Waals surface area (Å²) in [5.41, 5.74) is 2.92. The van der Waals surface area contributed by atoms with Crippen molar-refractivity contribution in [1.82, 2.24) is 0 Å². The zero-order chi connectivity index (χ0) is 9.31. The molecule has 0 aromatic heterocycles. The van der Waals surface area contributed by atoms with Gasteiger partial charge in [0.15, 0.2) is 0 Å². The van der Waals surface area contributed by atoms with Gasteiger partial charge in [-0.1, -0.05) is 19.3 Å². The van der Waals surface area contributed by atoms with E-state index in [1.165, 1.54) is 11.1 Å². The molecular formula is C13H14Li2. The third-order valence-corrected chi connectivity index (χ3v) is 2.77. The number of hydrogen-bond donors (Lipinski definition) is 0. The van der Waals surface area contributed by atoms with Crippen molar-refractivity contribution >= 4 is 0 Å². The molecule has 0 spiro atoms. The molecule has 2 aromatic carbocycles. The Bertz CT molecular complexity index is 319. The minimum atomic E-state index is 0. The van der Waals surface area contributed by atoms with Crippen LogP contribution in [0, 0.1) is 0 Å². The van der Waals surface area contributed by atoms with Crippen LogP contribution in [0.5, 0.6) is 0 Å². The van der Waals surface area contributed by atoms with Crippen LogP contribution < -0.4 is 37.7 Å². The Morgan fingerprint density at radius 2 is 0.933 bits per heavy atom. The van der Waals surface area contributed by atoms with Crippen molar-refractivity contribution < 1.29 is 37.7 Å². The molecule has 0 radical (unpaired) electrons. The number of hydrogen-bond acceptors (Lipinski definition) is 0. The Hall–Kier alpha value is -0.105. The Morgan fingerprint density at radius 1 is 0.667 bits per heavy atom. The van der Waals surface area contributed by atoms with Gasteiger partial charge in [0.1, 0.15) is 0 Å². The molecule has 2 aromatic rings. The van der Waals surface area contributed by atoms with E-state index >= 15 is 0 Å². The summed E-state index contributed by atoms with van der Waals surface area (Å²) in [6.45, 7) is 4.52. The van der Waals surface area contributed by atoms with Crippen molar-refractivity contribution in [2.45, 2.75) is 19.3 Å². The van der Waals surface area contributed by atoms with Gasteiger partial charge >= 0.3 is 37.7 Å². The van der Waals surface area contributed by atoms with Gasteiger partial charge in [0, 0.05) is 0 Å². The molecule has 0 heterocycles. The summed E-state index contributed by atoms with van der Waals surface area (Å²) in [6, 6.07) is 17.1. The molecule has 0 bridgehead atoms. The molecule has 0 saturated carbocycles. The summed E-state index contributed by atoms with van der Waals surface area (Å²) in [6.07, 6.45) is 0. The van der Waals surface area contributed by atoms with Gasteiger partial charge in [-0.2, -0.15) is 35.4 Å². The van der Waals surface area contributed by atoms with Crippen LogP contribution in [0.15, 0.2) is 48.5 Å². The first-order valence-corrected chi connectivity index (χ1v) is 4.65. The van der Waals surface area contributed by atoms with Crippen LogP contribution in [0.4, 0.5) is 0 Å². The van der Waals surface area contributed by atoms with E-state index in [4.69, 9.17) is 0 Å². The van der Waals surface area contributed by atoms with Gasteiger partial charge in [0.05, 0.1) is 0 Å². The van der Waals surface area contributed by atoms with Crippen molar-refractivity contribution in [3.8, 4) is 0 Å². The predicted molar refractivity (Wildman–Crippen MR) is 56.2 cm³/mol. The molecule has 15 heavy (non-hydrogen) atoms. The second kappa shape index (κ2) is 5.84. The van der Waals surface area contributed by atoms with E-state index in [2.05, 4.69) is 62.4 Å². The van der Waals surface area contributed by atoms with Crippen LogP contribution in [0.2, 0.25) is 0 Å². The van der Waals surface area contributed by atoms with Gasteiger partial charge < -0.3 is 0 Å². The summed E-state index contributed by atoms with van der Waals surface area (Å²) >= 11 is 0. The van der Waals surface area contributed by atoms with Gasteiger partial charge in [-0.3, -0.25) is 0 Å². The van der Waals surface area contributed by atoms with Gasteiger partial charge in [-0.05, 0) is 0 Å². The monoisotopic (exact) mass is 184 g/mol. The van der Waals surface area contributed by atoms with Gasteiger partial charge in [0.2, 0.25) is 0 Å². The predicted octanol–water partition coefficient (Wildman–Crippen LogP) is -2.54. The van der Waals surface area contributed by atoms with Crippen molar-refractivity contribution in [2.75, 3.05) is 0 Å². The topological polar surface area (TPSA) is 0 Å². The first-order chi connectivity index (χ1) is 6.21. The van der Waals surface area contributed by atoms with Gasteiger partial charge in [0.25, 0.3) is 0 Å². The Kier molecular flexibility index (Phi) is 5.80. The fourth-order valence-corrected chi connectivity index (χ4v) is 1.75. The Balaban J connectivity index is 0.000000980. The smallest absolute Gasteiger partial charge is 0.213 e. The fourth-order valence-electron chi connectivity index (χ4n) is 1.75. The second-order valence-corrected chi connectivity index (χ2v) is 3.97. The SMILES string of the molecule is CC(C)([c-]1cccc1)[c-]1cccc1.[Li+].[Li+]. The van der Waals surface area contributed by atoms with Crippen LogP contribution in [0.1, 0.15) is 25.0 Å². The maximum Gasteiger partial charge on any atom is 1.00 e. The van der Waals surface area contributed by atoms with Crippen molar-refractivity contribution in [3.05, 3.63) is 59.7 Å². The van der Waals surface area contributed by atoms with Gasteiger partial charge in [-0.15, -0.1) is 0 Å². The summed E-state index contributed by atoms with van der Waals surface area (Å²) in [5.74, 6) is 0. The van der Waals surface area contributed by atoms with E-state index in [0.717, 1.165) is 0 Å². The minimum Gasteiger partial charge on any atom is -0.213 e. The van der Waals surface area contributed by atoms with Crippen molar-refractivity contribution in [1.29, 1.82) is 0 Å². The van der Waals surface area contributed by atoms with Crippen molar-refractivity contribution in [3.63, 3.8) is 0 Å². The van der Waals surface area contributed by atoms with E-state index in [9.17, 15) is 0 Å². The molecule has 0 unspecified atom stereocenters. The minimum absolute atomic E-state index is 0. The van der Waals surface area contributed by atoms with E-state index in [-0.39, 0.29) is 43.1 Å². The summed E-state index contributed by atoms with van der Waals surface area (Å²) in [5, 5.41) is 0. The molecule has 0 nitrogen and oxygen atoms in total. The maximum atomic E-state index is 2.26. The molecule has 0 amide bonds. The Labute approximate surface area is 116 Å². The standard InChI is InChI=1S/C13H14.2Li/c1-13(2,11-7-3-4-8-11)12-9-5-6-10-12;;/h3-10H,1-2H3;;/q-2;2*+1. The second-order valence-electron chi connectivity index (χ2n) is 3.97. The molecule has 0 atom stereocenters. The molecule has 68 valence electrons. The third-order valence-electron chi connectivity index (χ3n) is 2.77. The summed E-state index contributed by atoms with van der Waals surface area (Å²) in [7, 11) is 0. The Morgan fingerprint density at radius 3 is 1.20 bits per heavy atom. The molecule has 2 rings (SSSR count). The molecular weight excluding hydrogens is 170 g/mol. The molecule has 0 N–H and O–H groups in total. The zero-order valence-electron chi connectivity index (χ0n) is 10.1. The molecule has 0 aliphatic heterocycles.